The maximum Gasteiger partial charge on any atom is 0.338 e. The van der Waals surface area contributed by atoms with Gasteiger partial charge in [0, 0.05) is 19.1 Å². The van der Waals surface area contributed by atoms with Crippen molar-refractivity contribution in [2.75, 3.05) is 46.9 Å². The molecule has 1 fully saturated rings. The van der Waals surface area contributed by atoms with Crippen LogP contribution in [0.15, 0.2) is 41.6 Å². The smallest absolute Gasteiger partial charge is 0.338 e. The van der Waals surface area contributed by atoms with Crippen molar-refractivity contribution in [1.82, 2.24) is 5.48 Å². The second-order valence-corrected chi connectivity index (χ2v) is 6.86. The van der Waals surface area contributed by atoms with Gasteiger partial charge in [0.15, 0.2) is 0 Å². The van der Waals surface area contributed by atoms with Gasteiger partial charge >= 0.3 is 5.97 Å². The fraction of sp³-hybridized carbons (Fsp3) is 0.550. The molecular formula is C20H25NO8. The molecule has 29 heavy (non-hydrogen) atoms. The molecule has 158 valence electrons. The minimum atomic E-state index is -1.02. The predicted molar refractivity (Wildman–Crippen MR) is 98.6 cm³/mol. The fourth-order valence-corrected chi connectivity index (χ4v) is 3.70. The van der Waals surface area contributed by atoms with E-state index in [1.54, 1.807) is 31.4 Å². The zero-order valence-corrected chi connectivity index (χ0v) is 16.3. The molecule has 1 N–H and O–H groups in total. The van der Waals surface area contributed by atoms with Crippen molar-refractivity contribution in [2.24, 2.45) is 0 Å². The summed E-state index contributed by atoms with van der Waals surface area (Å²) >= 11 is 0. The molecule has 9 nitrogen and oxygen atoms in total. The van der Waals surface area contributed by atoms with Crippen LogP contribution in [0.2, 0.25) is 0 Å². The lowest BCUT2D eigenvalue weighted by Gasteiger charge is -2.40. The first-order chi connectivity index (χ1) is 14.2. The first-order valence-electron chi connectivity index (χ1n) is 9.57. The van der Waals surface area contributed by atoms with Crippen molar-refractivity contribution in [3.8, 4) is 0 Å². The molecule has 0 radical (unpaired) electrons. The normalized spacial score (nSPS) is 25.1. The van der Waals surface area contributed by atoms with Crippen LogP contribution < -0.4 is 5.48 Å². The SMILES string of the molecule is COCCOCO[C@@H]1C2=C(NOC2)C2(C[C@H]1OC(=O)c1ccccc1)OCCO2. The van der Waals surface area contributed by atoms with Crippen LogP contribution in [-0.4, -0.2) is 70.9 Å². The van der Waals surface area contributed by atoms with Gasteiger partial charge in [-0.05, 0) is 12.1 Å². The zero-order valence-electron chi connectivity index (χ0n) is 16.3. The predicted octanol–water partition coefficient (Wildman–Crippen LogP) is 1.15. The Morgan fingerprint density at radius 3 is 2.76 bits per heavy atom. The Kier molecular flexibility index (Phi) is 6.43. The van der Waals surface area contributed by atoms with Crippen LogP contribution in [0.5, 0.6) is 0 Å². The van der Waals surface area contributed by atoms with Gasteiger partial charge in [-0.3, -0.25) is 10.3 Å². The molecule has 0 unspecified atom stereocenters. The molecule has 1 aromatic rings. The van der Waals surface area contributed by atoms with Crippen molar-refractivity contribution in [3.63, 3.8) is 0 Å². The van der Waals surface area contributed by atoms with Crippen molar-refractivity contribution < 1.29 is 38.1 Å². The Balaban J connectivity index is 1.53. The van der Waals surface area contributed by atoms with E-state index in [9.17, 15) is 4.79 Å². The quantitative estimate of drug-likeness (QED) is 0.387. The number of hydrogen-bond donors (Lipinski definition) is 1. The van der Waals surface area contributed by atoms with Gasteiger partial charge in [0.1, 0.15) is 31.3 Å². The molecule has 1 aliphatic carbocycles. The summed E-state index contributed by atoms with van der Waals surface area (Å²) in [5.41, 5.74) is 4.82. The van der Waals surface area contributed by atoms with Crippen LogP contribution in [0.4, 0.5) is 0 Å². The molecule has 2 atom stereocenters. The monoisotopic (exact) mass is 407 g/mol. The van der Waals surface area contributed by atoms with Gasteiger partial charge in [0.25, 0.3) is 0 Å². The maximum atomic E-state index is 12.7. The highest BCUT2D eigenvalue weighted by Gasteiger charge is 2.54. The second-order valence-electron chi connectivity index (χ2n) is 6.86. The van der Waals surface area contributed by atoms with Gasteiger partial charge in [0.05, 0.1) is 32.0 Å². The van der Waals surface area contributed by atoms with Crippen LogP contribution in [0, 0.1) is 0 Å². The third kappa shape index (κ3) is 4.30. The number of ether oxygens (including phenoxy) is 6. The van der Waals surface area contributed by atoms with E-state index in [-0.39, 0.29) is 19.8 Å². The Morgan fingerprint density at radius 1 is 1.21 bits per heavy atom. The van der Waals surface area contributed by atoms with E-state index in [2.05, 4.69) is 5.48 Å². The van der Waals surface area contributed by atoms with Crippen molar-refractivity contribution in [3.05, 3.63) is 47.2 Å². The van der Waals surface area contributed by atoms with Gasteiger partial charge in [-0.25, -0.2) is 4.79 Å². The summed E-state index contributed by atoms with van der Waals surface area (Å²) in [6.07, 6.45) is -0.897. The Morgan fingerprint density at radius 2 is 2.00 bits per heavy atom. The van der Waals surface area contributed by atoms with Crippen LogP contribution >= 0.6 is 0 Å². The molecule has 0 saturated carbocycles. The number of rotatable bonds is 8. The molecule has 0 amide bonds. The molecule has 9 heteroatoms. The minimum absolute atomic E-state index is 0.0267. The number of esters is 1. The third-order valence-corrected chi connectivity index (χ3v) is 5.04. The first-order valence-corrected chi connectivity index (χ1v) is 9.57. The molecule has 3 aliphatic rings. The van der Waals surface area contributed by atoms with Crippen molar-refractivity contribution in [1.29, 1.82) is 0 Å². The molecule has 1 spiro atoms. The van der Waals surface area contributed by atoms with Gasteiger partial charge in [0.2, 0.25) is 5.79 Å². The number of methoxy groups -OCH3 is 1. The van der Waals surface area contributed by atoms with Crippen LogP contribution in [-0.2, 0) is 33.3 Å². The third-order valence-electron chi connectivity index (χ3n) is 5.04. The summed E-state index contributed by atoms with van der Waals surface area (Å²) in [6, 6.07) is 8.83. The van der Waals surface area contributed by atoms with Crippen molar-refractivity contribution >= 4 is 5.97 Å². The lowest BCUT2D eigenvalue weighted by molar-refractivity contribution is -0.188. The lowest BCUT2D eigenvalue weighted by Crippen LogP contribution is -2.51. The second kappa shape index (κ2) is 9.21. The fourth-order valence-electron chi connectivity index (χ4n) is 3.70. The van der Waals surface area contributed by atoms with E-state index < -0.39 is 24.0 Å². The first kappa shape index (κ1) is 20.3. The van der Waals surface area contributed by atoms with Gasteiger partial charge in [-0.2, -0.15) is 0 Å². The molecule has 0 bridgehead atoms. The van der Waals surface area contributed by atoms with E-state index in [4.69, 9.17) is 33.3 Å². The Hall–Kier alpha value is -2.01. The van der Waals surface area contributed by atoms with Gasteiger partial charge in [-0.1, -0.05) is 18.2 Å². The standard InChI is InChI=1S/C20H25NO8/c1-23-7-8-24-13-25-17-15-12-28-21-18(15)20(26-9-10-27-20)11-16(17)29-19(22)14-5-3-2-4-6-14/h2-6,16-17,21H,7-13H2,1H3/t16-,17-/m1/s1. The van der Waals surface area contributed by atoms with Crippen LogP contribution in [0.25, 0.3) is 0 Å². The summed E-state index contributed by atoms with van der Waals surface area (Å²) in [7, 11) is 1.60. The summed E-state index contributed by atoms with van der Waals surface area (Å²) in [5.74, 6) is -1.46. The Labute approximate surface area is 168 Å². The summed E-state index contributed by atoms with van der Waals surface area (Å²) in [5, 5.41) is 0. The van der Waals surface area contributed by atoms with E-state index >= 15 is 0 Å². The molecular weight excluding hydrogens is 382 g/mol. The van der Waals surface area contributed by atoms with E-state index in [0.717, 1.165) is 5.57 Å². The molecule has 4 rings (SSSR count). The zero-order chi connectivity index (χ0) is 20.1. The number of nitrogens with one attached hydrogen (secondary N) is 1. The molecule has 0 aromatic heterocycles. The van der Waals surface area contributed by atoms with Gasteiger partial charge < -0.3 is 28.4 Å². The highest BCUT2D eigenvalue weighted by atomic mass is 16.8. The average molecular weight is 407 g/mol. The highest BCUT2D eigenvalue weighted by Crippen LogP contribution is 2.43. The molecule has 1 aromatic carbocycles. The number of fused-ring (bicyclic) bond motifs is 1. The van der Waals surface area contributed by atoms with Crippen LogP contribution in [0.1, 0.15) is 16.8 Å². The molecule has 1 saturated heterocycles. The average Bonchev–Trinajstić information content (AvgIpc) is 3.41. The summed E-state index contributed by atoms with van der Waals surface area (Å²) < 4.78 is 34.0. The number of benzene rings is 1. The summed E-state index contributed by atoms with van der Waals surface area (Å²) in [4.78, 5) is 18.1. The van der Waals surface area contributed by atoms with E-state index in [1.807, 2.05) is 6.07 Å². The van der Waals surface area contributed by atoms with Gasteiger partial charge in [-0.15, -0.1) is 0 Å². The summed E-state index contributed by atoms with van der Waals surface area (Å²) in [6.45, 7) is 2.05. The Bertz CT molecular complexity index is 731. The topological polar surface area (TPSA) is 93.7 Å². The maximum absolute atomic E-state index is 12.7. The number of hydroxylamine groups is 1. The number of carbonyl (C=O) groups excluding carboxylic acids is 1. The van der Waals surface area contributed by atoms with Crippen molar-refractivity contribution in [2.45, 2.75) is 24.4 Å². The number of carbonyl (C=O) groups is 1. The van der Waals surface area contributed by atoms with E-state index in [1.165, 1.54) is 0 Å². The minimum Gasteiger partial charge on any atom is -0.455 e. The van der Waals surface area contributed by atoms with E-state index in [0.29, 0.717) is 37.7 Å². The highest BCUT2D eigenvalue weighted by molar-refractivity contribution is 5.89. The number of hydrogen-bond acceptors (Lipinski definition) is 9. The largest absolute Gasteiger partial charge is 0.455 e. The lowest BCUT2D eigenvalue weighted by atomic mass is 9.87. The van der Waals surface area contributed by atoms with Crippen LogP contribution in [0.3, 0.4) is 0 Å². The molecule has 2 heterocycles. The molecule has 2 aliphatic heterocycles.